The van der Waals surface area contributed by atoms with E-state index in [9.17, 15) is 13.5 Å². The van der Waals surface area contributed by atoms with E-state index in [1.165, 1.54) is 6.07 Å². The van der Waals surface area contributed by atoms with E-state index >= 15 is 0 Å². The number of nitrogens with two attached hydrogens (primary N) is 1. The molecule has 6 heteroatoms. The van der Waals surface area contributed by atoms with E-state index in [1.807, 2.05) is 0 Å². The van der Waals surface area contributed by atoms with Crippen LogP contribution in [0.25, 0.3) is 0 Å². The Morgan fingerprint density at radius 3 is 2.61 bits per heavy atom. The van der Waals surface area contributed by atoms with Gasteiger partial charge >= 0.3 is 0 Å². The minimum absolute atomic E-state index is 0.0686. The van der Waals surface area contributed by atoms with Crippen LogP contribution >= 0.6 is 0 Å². The van der Waals surface area contributed by atoms with Gasteiger partial charge in [-0.05, 0) is 49.9 Å². The summed E-state index contributed by atoms with van der Waals surface area (Å²) in [6.45, 7) is 1.77. The number of nitrogens with one attached hydrogen (secondary N) is 1. The van der Waals surface area contributed by atoms with Gasteiger partial charge in [-0.25, -0.2) is 13.1 Å². The van der Waals surface area contributed by atoms with Crippen molar-refractivity contribution in [1.29, 1.82) is 0 Å². The van der Waals surface area contributed by atoms with Crippen LogP contribution in [-0.4, -0.2) is 25.7 Å². The van der Waals surface area contributed by atoms with Gasteiger partial charge < -0.3 is 10.8 Å². The maximum absolute atomic E-state index is 12.1. The number of rotatable bonds is 4. The normalized spacial score (nSPS) is 18.3. The predicted molar refractivity (Wildman–Crippen MR) is 69.6 cm³/mol. The smallest absolute Gasteiger partial charge is 0.240 e. The Hall–Kier alpha value is -1.11. The van der Waals surface area contributed by atoms with Crippen LogP contribution in [0.4, 0.5) is 5.69 Å². The maximum Gasteiger partial charge on any atom is 0.240 e. The first-order chi connectivity index (χ1) is 8.32. The van der Waals surface area contributed by atoms with Crippen molar-refractivity contribution < 1.29 is 13.5 Å². The standard InChI is InChI=1S/C12H18N2O3S/c1-9-7-10(13)3-4-11(9)18(16,17)14-8-12(15)5-2-6-12/h3-4,7,14-15H,2,5-6,8,13H2,1H3. The maximum atomic E-state index is 12.1. The molecule has 1 aromatic rings. The van der Waals surface area contributed by atoms with Crippen LogP contribution < -0.4 is 10.5 Å². The predicted octanol–water partition coefficient (Wildman–Crippen LogP) is 0.771. The molecule has 0 radical (unpaired) electrons. The van der Waals surface area contributed by atoms with Crippen molar-refractivity contribution >= 4 is 15.7 Å². The molecule has 0 unspecified atom stereocenters. The van der Waals surface area contributed by atoms with Crippen molar-refractivity contribution in [2.45, 2.75) is 36.7 Å². The molecule has 0 bridgehead atoms. The van der Waals surface area contributed by atoms with Crippen LogP contribution in [0, 0.1) is 6.92 Å². The molecule has 0 spiro atoms. The number of benzene rings is 1. The Morgan fingerprint density at radius 2 is 2.11 bits per heavy atom. The van der Waals surface area contributed by atoms with E-state index < -0.39 is 15.6 Å². The van der Waals surface area contributed by atoms with Gasteiger partial charge in [-0.1, -0.05) is 0 Å². The van der Waals surface area contributed by atoms with Gasteiger partial charge in [-0.3, -0.25) is 0 Å². The fraction of sp³-hybridized carbons (Fsp3) is 0.500. The molecule has 1 aliphatic rings. The Kier molecular flexibility index (Phi) is 3.35. The van der Waals surface area contributed by atoms with Gasteiger partial charge in [0.1, 0.15) is 0 Å². The first-order valence-electron chi connectivity index (χ1n) is 5.91. The second kappa shape index (κ2) is 4.53. The first-order valence-corrected chi connectivity index (χ1v) is 7.39. The molecule has 1 fully saturated rings. The summed E-state index contributed by atoms with van der Waals surface area (Å²) in [5.41, 5.74) is 5.85. The molecule has 1 saturated carbocycles. The van der Waals surface area contributed by atoms with Gasteiger partial charge in [-0.2, -0.15) is 0 Å². The van der Waals surface area contributed by atoms with Crippen molar-refractivity contribution in [3.05, 3.63) is 23.8 Å². The van der Waals surface area contributed by atoms with E-state index in [4.69, 9.17) is 5.73 Å². The van der Waals surface area contributed by atoms with Crippen molar-refractivity contribution in [1.82, 2.24) is 4.72 Å². The number of sulfonamides is 1. The van der Waals surface area contributed by atoms with Crippen molar-refractivity contribution in [3.8, 4) is 0 Å². The average Bonchev–Trinajstić information content (AvgIpc) is 2.23. The van der Waals surface area contributed by atoms with E-state index in [1.54, 1.807) is 19.1 Å². The number of hydrogen-bond acceptors (Lipinski definition) is 4. The summed E-state index contributed by atoms with van der Waals surface area (Å²) in [6.07, 6.45) is 2.24. The van der Waals surface area contributed by atoms with Crippen molar-refractivity contribution in [2.75, 3.05) is 12.3 Å². The van der Waals surface area contributed by atoms with E-state index in [0.29, 0.717) is 24.1 Å². The molecule has 4 N–H and O–H groups in total. The molecule has 1 aromatic carbocycles. The van der Waals surface area contributed by atoms with Gasteiger partial charge in [0.2, 0.25) is 10.0 Å². The van der Waals surface area contributed by atoms with Gasteiger partial charge in [0.05, 0.1) is 10.5 Å². The monoisotopic (exact) mass is 270 g/mol. The van der Waals surface area contributed by atoms with Gasteiger partial charge in [0, 0.05) is 12.2 Å². The molecule has 0 saturated heterocycles. The molecule has 100 valence electrons. The summed E-state index contributed by atoms with van der Waals surface area (Å²) < 4.78 is 26.6. The minimum Gasteiger partial charge on any atom is -0.399 e. The molecule has 18 heavy (non-hydrogen) atoms. The fourth-order valence-corrected chi connectivity index (χ4v) is 3.39. The molecule has 2 rings (SSSR count). The van der Waals surface area contributed by atoms with Crippen molar-refractivity contribution in [3.63, 3.8) is 0 Å². The molecule has 0 amide bonds. The summed E-state index contributed by atoms with van der Waals surface area (Å²) in [6, 6.07) is 4.66. The van der Waals surface area contributed by atoms with E-state index in [2.05, 4.69) is 4.72 Å². The summed E-state index contributed by atoms with van der Waals surface area (Å²) in [5, 5.41) is 9.89. The molecule has 1 aliphatic carbocycles. The zero-order chi connectivity index (χ0) is 13.4. The van der Waals surface area contributed by atoms with Crippen LogP contribution in [0.15, 0.2) is 23.1 Å². The lowest BCUT2D eigenvalue weighted by molar-refractivity contribution is -0.0270. The topological polar surface area (TPSA) is 92.4 Å². The third-order valence-corrected chi connectivity index (χ3v) is 4.93. The van der Waals surface area contributed by atoms with Gasteiger partial charge in [-0.15, -0.1) is 0 Å². The highest BCUT2D eigenvalue weighted by Crippen LogP contribution is 2.31. The summed E-state index contributed by atoms with van der Waals surface area (Å²) in [4.78, 5) is 0.208. The zero-order valence-electron chi connectivity index (χ0n) is 10.3. The van der Waals surface area contributed by atoms with Crippen LogP contribution in [-0.2, 0) is 10.0 Å². The Labute approximate surface area is 107 Å². The number of aryl methyl sites for hydroxylation is 1. The number of nitrogen functional groups attached to an aromatic ring is 1. The number of anilines is 1. The van der Waals surface area contributed by atoms with Gasteiger partial charge in [0.25, 0.3) is 0 Å². The quantitative estimate of drug-likeness (QED) is 0.705. The van der Waals surface area contributed by atoms with E-state index in [-0.39, 0.29) is 11.4 Å². The zero-order valence-corrected chi connectivity index (χ0v) is 11.1. The summed E-state index contributed by atoms with van der Waals surface area (Å²) >= 11 is 0. The Balaban J connectivity index is 2.15. The molecule has 5 nitrogen and oxygen atoms in total. The highest BCUT2D eigenvalue weighted by Gasteiger charge is 2.35. The third kappa shape index (κ3) is 2.66. The highest BCUT2D eigenvalue weighted by molar-refractivity contribution is 7.89. The number of aliphatic hydroxyl groups is 1. The minimum atomic E-state index is -3.58. The average molecular weight is 270 g/mol. The SMILES string of the molecule is Cc1cc(N)ccc1S(=O)(=O)NCC1(O)CCC1. The second-order valence-electron chi connectivity index (χ2n) is 4.93. The van der Waals surface area contributed by atoms with Crippen LogP contribution in [0.1, 0.15) is 24.8 Å². The van der Waals surface area contributed by atoms with Crippen molar-refractivity contribution in [2.24, 2.45) is 0 Å². The fourth-order valence-electron chi connectivity index (χ4n) is 2.04. The number of hydrogen-bond donors (Lipinski definition) is 3. The Morgan fingerprint density at radius 1 is 1.44 bits per heavy atom. The van der Waals surface area contributed by atoms with Gasteiger partial charge in [0.15, 0.2) is 0 Å². The molecule has 0 atom stereocenters. The van der Waals surface area contributed by atoms with Crippen LogP contribution in [0.5, 0.6) is 0 Å². The molecule has 0 aromatic heterocycles. The van der Waals surface area contributed by atoms with E-state index in [0.717, 1.165) is 6.42 Å². The van der Waals surface area contributed by atoms with Crippen LogP contribution in [0.2, 0.25) is 0 Å². The Bertz CT molecular complexity index is 550. The molecule has 0 heterocycles. The lowest BCUT2D eigenvalue weighted by Gasteiger charge is -2.36. The second-order valence-corrected chi connectivity index (χ2v) is 6.66. The third-order valence-electron chi connectivity index (χ3n) is 3.36. The summed E-state index contributed by atoms with van der Waals surface area (Å²) in [7, 11) is -3.58. The lowest BCUT2D eigenvalue weighted by atomic mass is 9.81. The first kappa shape index (κ1) is 13.3. The molecular formula is C12H18N2O3S. The highest BCUT2D eigenvalue weighted by atomic mass is 32.2. The molecular weight excluding hydrogens is 252 g/mol. The lowest BCUT2D eigenvalue weighted by Crippen LogP contribution is -2.47. The summed E-state index contributed by atoms with van der Waals surface area (Å²) in [5.74, 6) is 0. The van der Waals surface area contributed by atoms with Crippen LogP contribution in [0.3, 0.4) is 0 Å². The largest absolute Gasteiger partial charge is 0.399 e. The molecule has 0 aliphatic heterocycles.